The maximum absolute atomic E-state index is 14.6. The van der Waals surface area contributed by atoms with Crippen LogP contribution in [-0.4, -0.2) is 37.0 Å². The van der Waals surface area contributed by atoms with Crippen LogP contribution in [0.2, 0.25) is 0 Å². The Labute approximate surface area is 191 Å². The van der Waals surface area contributed by atoms with Gasteiger partial charge in [-0.1, -0.05) is 17.8 Å². The molecule has 0 saturated heterocycles. The van der Waals surface area contributed by atoms with Crippen molar-refractivity contribution in [2.45, 2.75) is 17.9 Å². The van der Waals surface area contributed by atoms with Crippen LogP contribution in [0.15, 0.2) is 46.0 Å². The van der Waals surface area contributed by atoms with Crippen molar-refractivity contribution in [1.29, 1.82) is 0 Å². The number of carbonyl (C=O) groups is 1. The van der Waals surface area contributed by atoms with Gasteiger partial charge in [0, 0.05) is 27.5 Å². The summed E-state index contributed by atoms with van der Waals surface area (Å²) in [4.78, 5) is 12.8. The number of esters is 1. The Hall–Kier alpha value is -3.11. The highest BCUT2D eigenvalue weighted by atomic mass is 32.2. The zero-order valence-corrected chi connectivity index (χ0v) is 19.1. The molecule has 0 aliphatic carbocycles. The number of nitrogens with zero attached hydrogens (tertiary/aromatic N) is 2. The fourth-order valence-corrected chi connectivity index (χ4v) is 5.13. The van der Waals surface area contributed by atoms with Crippen molar-refractivity contribution in [3.05, 3.63) is 52.7 Å². The average molecular weight is 475 g/mol. The lowest BCUT2D eigenvalue weighted by Crippen LogP contribution is -2.05. The number of aromatic nitrogens is 2. The molecule has 0 amide bonds. The predicted octanol–water partition coefficient (Wildman–Crippen LogP) is 5.58. The molecule has 0 atom stereocenters. The quantitative estimate of drug-likeness (QED) is 0.242. The molecule has 4 aromatic rings. The van der Waals surface area contributed by atoms with Crippen molar-refractivity contribution in [2.24, 2.45) is 0 Å². The lowest BCUT2D eigenvalue weighted by Gasteiger charge is -2.05. The number of ether oxygens (including phenoxy) is 3. The van der Waals surface area contributed by atoms with Crippen molar-refractivity contribution in [1.82, 2.24) is 10.2 Å². The summed E-state index contributed by atoms with van der Waals surface area (Å²) in [6.45, 7) is 1.97. The highest BCUT2D eigenvalue weighted by molar-refractivity contribution is 7.98. The molecule has 2 heterocycles. The summed E-state index contributed by atoms with van der Waals surface area (Å²) >= 11 is 2.43. The molecule has 0 aliphatic rings. The van der Waals surface area contributed by atoms with Crippen LogP contribution in [0.1, 0.15) is 22.2 Å². The molecule has 4 rings (SSSR count). The van der Waals surface area contributed by atoms with Gasteiger partial charge in [0.1, 0.15) is 22.2 Å². The standard InChI is InChI=1S/C22H19FN2O5S2/c1-4-29-21(26)19-15(18-16(23)6-5-7-17(18)32-19)11-31-22-25-24-20(30-22)12-8-13(27-2)10-14(9-12)28-3/h5-10H,4,11H2,1-3H3. The van der Waals surface area contributed by atoms with E-state index in [-0.39, 0.29) is 29.3 Å². The van der Waals surface area contributed by atoms with Crippen LogP contribution in [0.3, 0.4) is 0 Å². The number of thiophene rings is 1. The van der Waals surface area contributed by atoms with E-state index >= 15 is 0 Å². The monoisotopic (exact) mass is 474 g/mol. The van der Waals surface area contributed by atoms with Crippen LogP contribution in [0.4, 0.5) is 4.39 Å². The maximum atomic E-state index is 14.6. The van der Waals surface area contributed by atoms with E-state index in [1.54, 1.807) is 51.5 Å². The number of methoxy groups -OCH3 is 2. The first-order valence-electron chi connectivity index (χ1n) is 9.60. The van der Waals surface area contributed by atoms with E-state index in [2.05, 4.69) is 10.2 Å². The number of halogens is 1. The van der Waals surface area contributed by atoms with E-state index in [1.807, 2.05) is 0 Å². The van der Waals surface area contributed by atoms with Gasteiger partial charge in [-0.15, -0.1) is 21.5 Å². The Morgan fingerprint density at radius 2 is 1.91 bits per heavy atom. The van der Waals surface area contributed by atoms with Gasteiger partial charge in [-0.25, -0.2) is 9.18 Å². The Balaban J connectivity index is 1.62. The van der Waals surface area contributed by atoms with Crippen LogP contribution in [0, 0.1) is 5.82 Å². The van der Waals surface area contributed by atoms with E-state index in [4.69, 9.17) is 18.6 Å². The largest absolute Gasteiger partial charge is 0.497 e. The molecule has 2 aromatic carbocycles. The Morgan fingerprint density at radius 1 is 1.16 bits per heavy atom. The predicted molar refractivity (Wildman–Crippen MR) is 120 cm³/mol. The summed E-state index contributed by atoms with van der Waals surface area (Å²) in [7, 11) is 3.11. The fraction of sp³-hybridized carbons (Fsp3) is 0.227. The molecule has 0 N–H and O–H groups in total. The zero-order valence-electron chi connectivity index (χ0n) is 17.5. The summed E-state index contributed by atoms with van der Waals surface area (Å²) in [5, 5.41) is 8.86. The number of hydrogen-bond acceptors (Lipinski definition) is 9. The van der Waals surface area contributed by atoms with E-state index in [9.17, 15) is 9.18 Å². The van der Waals surface area contributed by atoms with Crippen LogP contribution in [0.5, 0.6) is 11.5 Å². The summed E-state index contributed by atoms with van der Waals surface area (Å²) in [6, 6.07) is 10.0. The van der Waals surface area contributed by atoms with Gasteiger partial charge in [0.2, 0.25) is 5.89 Å². The fourth-order valence-electron chi connectivity index (χ4n) is 3.12. The lowest BCUT2D eigenvalue weighted by atomic mass is 10.1. The van der Waals surface area contributed by atoms with Gasteiger partial charge in [-0.3, -0.25) is 0 Å². The van der Waals surface area contributed by atoms with Gasteiger partial charge in [0.15, 0.2) is 0 Å². The van der Waals surface area contributed by atoms with Gasteiger partial charge >= 0.3 is 5.97 Å². The highest BCUT2D eigenvalue weighted by Crippen LogP contribution is 2.38. The summed E-state index contributed by atoms with van der Waals surface area (Å²) in [5.41, 5.74) is 1.19. The van der Waals surface area contributed by atoms with Crippen molar-refractivity contribution < 1.29 is 27.8 Å². The molecule has 2 aromatic heterocycles. The number of rotatable bonds is 8. The number of hydrogen-bond donors (Lipinski definition) is 0. The van der Waals surface area contributed by atoms with E-state index in [0.29, 0.717) is 37.6 Å². The molecule has 7 nitrogen and oxygen atoms in total. The first kappa shape index (κ1) is 22.1. The van der Waals surface area contributed by atoms with Crippen molar-refractivity contribution >= 4 is 39.2 Å². The van der Waals surface area contributed by atoms with E-state index in [1.165, 1.54) is 29.2 Å². The lowest BCUT2D eigenvalue weighted by molar-refractivity contribution is 0.0531. The smallest absolute Gasteiger partial charge is 0.348 e. The van der Waals surface area contributed by atoms with Crippen LogP contribution >= 0.6 is 23.1 Å². The number of benzene rings is 2. The first-order chi connectivity index (χ1) is 15.5. The van der Waals surface area contributed by atoms with Gasteiger partial charge in [-0.2, -0.15) is 0 Å². The molecule has 0 aliphatic heterocycles. The van der Waals surface area contributed by atoms with Gasteiger partial charge in [0.25, 0.3) is 5.22 Å². The van der Waals surface area contributed by atoms with Crippen molar-refractivity contribution in [3.8, 4) is 23.0 Å². The molecule has 10 heteroatoms. The number of fused-ring (bicyclic) bond motifs is 1. The molecule has 0 saturated carbocycles. The zero-order chi connectivity index (χ0) is 22.7. The Bertz CT molecular complexity index is 1250. The maximum Gasteiger partial charge on any atom is 0.348 e. The third kappa shape index (κ3) is 4.42. The average Bonchev–Trinajstić information content (AvgIpc) is 3.43. The molecule has 166 valence electrons. The molecule has 32 heavy (non-hydrogen) atoms. The highest BCUT2D eigenvalue weighted by Gasteiger charge is 2.23. The Morgan fingerprint density at radius 3 is 2.59 bits per heavy atom. The second kappa shape index (κ2) is 9.58. The SMILES string of the molecule is CCOC(=O)c1sc2cccc(F)c2c1CSc1nnc(-c2cc(OC)cc(OC)c2)o1. The minimum absolute atomic E-state index is 0.235. The summed E-state index contributed by atoms with van der Waals surface area (Å²) < 4.78 is 36.7. The van der Waals surface area contributed by atoms with Gasteiger partial charge in [0.05, 0.1) is 20.8 Å². The second-order valence-corrected chi connectivity index (χ2v) is 8.49. The minimum Gasteiger partial charge on any atom is -0.497 e. The molecule has 0 fully saturated rings. The molecule has 0 radical (unpaired) electrons. The normalized spacial score (nSPS) is 11.0. The van der Waals surface area contributed by atoms with Crippen LogP contribution in [-0.2, 0) is 10.5 Å². The topological polar surface area (TPSA) is 83.7 Å². The minimum atomic E-state index is -0.474. The molecule has 0 bridgehead atoms. The Kier molecular flexibility index (Phi) is 6.61. The van der Waals surface area contributed by atoms with Crippen molar-refractivity contribution in [3.63, 3.8) is 0 Å². The molecule has 0 unspecified atom stereocenters. The van der Waals surface area contributed by atoms with Crippen LogP contribution < -0.4 is 9.47 Å². The van der Waals surface area contributed by atoms with Crippen molar-refractivity contribution in [2.75, 3.05) is 20.8 Å². The summed E-state index contributed by atoms with van der Waals surface area (Å²) in [6.07, 6.45) is 0. The van der Waals surface area contributed by atoms with Gasteiger partial charge in [-0.05, 0) is 36.8 Å². The van der Waals surface area contributed by atoms with Gasteiger partial charge < -0.3 is 18.6 Å². The molecular weight excluding hydrogens is 455 g/mol. The molecular formula is C22H19FN2O5S2. The number of carbonyl (C=O) groups excluding carboxylic acids is 1. The third-order valence-electron chi connectivity index (χ3n) is 4.57. The number of thioether (sulfide) groups is 1. The summed E-state index contributed by atoms with van der Waals surface area (Å²) in [5.74, 6) is 0.866. The first-order valence-corrected chi connectivity index (χ1v) is 11.4. The van der Waals surface area contributed by atoms with E-state index < -0.39 is 5.97 Å². The second-order valence-electron chi connectivity index (χ2n) is 6.51. The molecule has 0 spiro atoms. The van der Waals surface area contributed by atoms with E-state index in [0.717, 1.165) is 0 Å². The van der Waals surface area contributed by atoms with Crippen LogP contribution in [0.25, 0.3) is 21.5 Å². The third-order valence-corrected chi connectivity index (χ3v) is 6.59.